The Morgan fingerprint density at radius 2 is 1.80 bits per heavy atom. The zero-order chi connectivity index (χ0) is 15.2. The highest BCUT2D eigenvalue weighted by molar-refractivity contribution is 5.88. The third-order valence-electron chi connectivity index (χ3n) is 3.08. The molecule has 0 radical (unpaired) electrons. The summed E-state index contributed by atoms with van der Waals surface area (Å²) in [4.78, 5) is 14.3. The first-order valence-corrected chi connectivity index (χ1v) is 7.46. The molecule has 0 spiro atoms. The lowest BCUT2D eigenvalue weighted by molar-refractivity contribution is 0.0562. The van der Waals surface area contributed by atoms with Gasteiger partial charge in [-0.25, -0.2) is 4.79 Å². The third-order valence-corrected chi connectivity index (χ3v) is 3.08. The van der Waals surface area contributed by atoms with Crippen LogP contribution in [0.5, 0.6) is 0 Å². The van der Waals surface area contributed by atoms with Crippen molar-refractivity contribution in [2.24, 2.45) is 0 Å². The number of hydrogen-bond donors (Lipinski definition) is 0. The zero-order valence-corrected chi connectivity index (χ0v) is 13.3. The number of para-hydroxylation sites is 1. The van der Waals surface area contributed by atoms with Crippen molar-refractivity contribution in [1.82, 2.24) is 0 Å². The second-order valence-electron chi connectivity index (χ2n) is 6.04. The topological polar surface area (TPSA) is 29.5 Å². The molecule has 1 atom stereocenters. The minimum absolute atomic E-state index is 0.178. The van der Waals surface area contributed by atoms with Crippen molar-refractivity contribution >= 4 is 11.8 Å². The van der Waals surface area contributed by atoms with Gasteiger partial charge in [-0.05, 0) is 45.7 Å². The Balaban J connectivity index is 3.04. The predicted octanol–water partition coefficient (Wildman–Crippen LogP) is 5.01. The van der Waals surface area contributed by atoms with Crippen LogP contribution >= 0.6 is 0 Å². The van der Waals surface area contributed by atoms with Crippen molar-refractivity contribution in [3.8, 4) is 0 Å². The molecule has 0 aromatic heterocycles. The molecule has 0 aliphatic rings. The van der Waals surface area contributed by atoms with Crippen LogP contribution < -0.4 is 4.90 Å². The number of rotatable bonds is 5. The summed E-state index contributed by atoms with van der Waals surface area (Å²) in [5.74, 6) is 0. The fraction of sp³-hybridized carbons (Fsp3) is 0.588. The summed E-state index contributed by atoms with van der Waals surface area (Å²) in [6.45, 7) is 9.94. The number of benzene rings is 1. The molecular formula is C17H27NO2. The Morgan fingerprint density at radius 3 is 2.25 bits per heavy atom. The molecule has 0 heterocycles. The van der Waals surface area contributed by atoms with E-state index in [-0.39, 0.29) is 12.1 Å². The highest BCUT2D eigenvalue weighted by atomic mass is 16.6. The molecule has 1 amide bonds. The fourth-order valence-electron chi connectivity index (χ4n) is 2.21. The molecule has 3 nitrogen and oxygen atoms in total. The minimum atomic E-state index is -0.478. The molecule has 0 saturated carbocycles. The highest BCUT2D eigenvalue weighted by Gasteiger charge is 2.28. The fourth-order valence-corrected chi connectivity index (χ4v) is 2.21. The van der Waals surface area contributed by atoms with Crippen LogP contribution in [0.4, 0.5) is 10.5 Å². The van der Waals surface area contributed by atoms with Crippen LogP contribution in [0.25, 0.3) is 0 Å². The van der Waals surface area contributed by atoms with Crippen molar-refractivity contribution < 1.29 is 9.53 Å². The molecule has 0 saturated heterocycles. The van der Waals surface area contributed by atoms with Crippen molar-refractivity contribution in [1.29, 1.82) is 0 Å². The molecule has 0 aliphatic carbocycles. The number of amides is 1. The van der Waals surface area contributed by atoms with Gasteiger partial charge in [-0.15, -0.1) is 0 Å². The molecule has 1 aromatic rings. The zero-order valence-electron chi connectivity index (χ0n) is 13.3. The van der Waals surface area contributed by atoms with Crippen LogP contribution in [0.2, 0.25) is 0 Å². The average molecular weight is 277 g/mol. The number of carbonyl (C=O) groups excluding carboxylic acids is 1. The normalized spacial score (nSPS) is 12.8. The van der Waals surface area contributed by atoms with Crippen LogP contribution in [0, 0.1) is 0 Å². The van der Waals surface area contributed by atoms with Gasteiger partial charge in [-0.2, -0.15) is 0 Å². The maximum atomic E-state index is 12.5. The van der Waals surface area contributed by atoms with E-state index in [1.54, 1.807) is 4.90 Å². The SMILES string of the molecule is CCCC(CC)N(C(=O)OC(C)(C)C)c1ccccc1. The molecule has 1 unspecified atom stereocenters. The van der Waals surface area contributed by atoms with E-state index in [0.717, 1.165) is 24.9 Å². The molecule has 1 aromatic carbocycles. The summed E-state index contributed by atoms with van der Waals surface area (Å²) in [5, 5.41) is 0. The van der Waals surface area contributed by atoms with Crippen LogP contribution in [-0.4, -0.2) is 17.7 Å². The lowest BCUT2D eigenvalue weighted by Gasteiger charge is -2.33. The molecule has 0 aliphatic heterocycles. The Kier molecular flexibility index (Phi) is 6.05. The smallest absolute Gasteiger partial charge is 0.415 e. The first-order valence-electron chi connectivity index (χ1n) is 7.46. The largest absolute Gasteiger partial charge is 0.443 e. The molecule has 0 bridgehead atoms. The number of nitrogens with zero attached hydrogens (tertiary/aromatic N) is 1. The molecule has 0 N–H and O–H groups in total. The Bertz CT molecular complexity index is 409. The van der Waals surface area contributed by atoms with Crippen molar-refractivity contribution in [3.05, 3.63) is 30.3 Å². The van der Waals surface area contributed by atoms with Gasteiger partial charge in [0.15, 0.2) is 0 Å². The van der Waals surface area contributed by atoms with E-state index in [4.69, 9.17) is 4.74 Å². The van der Waals surface area contributed by atoms with Gasteiger partial charge in [0.2, 0.25) is 0 Å². The van der Waals surface area contributed by atoms with E-state index >= 15 is 0 Å². The van der Waals surface area contributed by atoms with Gasteiger partial charge in [-0.3, -0.25) is 4.90 Å². The summed E-state index contributed by atoms with van der Waals surface area (Å²) in [6, 6.07) is 9.95. The predicted molar refractivity (Wildman–Crippen MR) is 84.1 cm³/mol. The number of hydrogen-bond acceptors (Lipinski definition) is 2. The molecular weight excluding hydrogens is 250 g/mol. The molecule has 112 valence electrons. The Morgan fingerprint density at radius 1 is 1.20 bits per heavy atom. The van der Waals surface area contributed by atoms with Gasteiger partial charge < -0.3 is 4.74 Å². The first kappa shape index (κ1) is 16.5. The van der Waals surface area contributed by atoms with Gasteiger partial charge in [0.05, 0.1) is 0 Å². The molecule has 20 heavy (non-hydrogen) atoms. The lowest BCUT2D eigenvalue weighted by Crippen LogP contribution is -2.43. The van der Waals surface area contributed by atoms with Crippen LogP contribution in [0.3, 0.4) is 0 Å². The Labute approximate surface area is 122 Å². The second kappa shape index (κ2) is 7.32. The lowest BCUT2D eigenvalue weighted by atomic mass is 10.1. The van der Waals surface area contributed by atoms with E-state index in [2.05, 4.69) is 13.8 Å². The molecule has 0 fully saturated rings. The quantitative estimate of drug-likeness (QED) is 0.757. The van der Waals surface area contributed by atoms with Gasteiger partial charge in [0.1, 0.15) is 5.60 Å². The molecule has 3 heteroatoms. The maximum absolute atomic E-state index is 12.5. The summed E-state index contributed by atoms with van der Waals surface area (Å²) in [5.41, 5.74) is 0.427. The van der Waals surface area contributed by atoms with Gasteiger partial charge in [-0.1, -0.05) is 38.5 Å². The maximum Gasteiger partial charge on any atom is 0.415 e. The standard InChI is InChI=1S/C17H27NO2/c1-6-11-14(7-2)18(15-12-9-8-10-13-15)16(19)20-17(3,4)5/h8-10,12-14H,6-7,11H2,1-5H3. The van der Waals surface area contributed by atoms with E-state index in [0.29, 0.717) is 0 Å². The van der Waals surface area contributed by atoms with Crippen LogP contribution in [-0.2, 0) is 4.74 Å². The summed E-state index contributed by atoms with van der Waals surface area (Å²) in [7, 11) is 0. The Hall–Kier alpha value is -1.51. The summed E-state index contributed by atoms with van der Waals surface area (Å²) >= 11 is 0. The minimum Gasteiger partial charge on any atom is -0.443 e. The monoisotopic (exact) mass is 277 g/mol. The van der Waals surface area contributed by atoms with E-state index in [1.165, 1.54) is 0 Å². The molecule has 1 rings (SSSR count). The second-order valence-corrected chi connectivity index (χ2v) is 6.04. The van der Waals surface area contributed by atoms with E-state index in [1.807, 2.05) is 51.1 Å². The summed E-state index contributed by atoms with van der Waals surface area (Å²) in [6.07, 6.45) is 2.68. The van der Waals surface area contributed by atoms with E-state index in [9.17, 15) is 4.79 Å². The number of carbonyl (C=O) groups is 1. The number of anilines is 1. The van der Waals surface area contributed by atoms with E-state index < -0.39 is 5.60 Å². The average Bonchev–Trinajstić information content (AvgIpc) is 2.37. The number of ether oxygens (including phenoxy) is 1. The summed E-state index contributed by atoms with van der Waals surface area (Å²) < 4.78 is 5.57. The van der Waals surface area contributed by atoms with Crippen molar-refractivity contribution in [3.63, 3.8) is 0 Å². The highest BCUT2D eigenvalue weighted by Crippen LogP contribution is 2.24. The first-order chi connectivity index (χ1) is 9.39. The van der Waals surface area contributed by atoms with Gasteiger partial charge in [0.25, 0.3) is 0 Å². The van der Waals surface area contributed by atoms with Crippen molar-refractivity contribution in [2.45, 2.75) is 65.5 Å². The van der Waals surface area contributed by atoms with Gasteiger partial charge in [0, 0.05) is 11.7 Å². The van der Waals surface area contributed by atoms with Crippen LogP contribution in [0.15, 0.2) is 30.3 Å². The third kappa shape index (κ3) is 4.87. The van der Waals surface area contributed by atoms with Crippen molar-refractivity contribution in [2.75, 3.05) is 4.90 Å². The van der Waals surface area contributed by atoms with Gasteiger partial charge >= 0.3 is 6.09 Å². The van der Waals surface area contributed by atoms with Crippen LogP contribution in [0.1, 0.15) is 53.9 Å².